The molecule has 0 saturated heterocycles. The van der Waals surface area contributed by atoms with Gasteiger partial charge in [0.05, 0.1) is 6.54 Å². The number of halogens is 3. The van der Waals surface area contributed by atoms with Crippen molar-refractivity contribution < 1.29 is 23.1 Å². The van der Waals surface area contributed by atoms with Crippen LogP contribution < -0.4 is 5.32 Å². The number of imidazole rings is 1. The second kappa shape index (κ2) is 4.97. The van der Waals surface area contributed by atoms with Gasteiger partial charge in [-0.3, -0.25) is 5.32 Å². The number of aliphatic carboxylic acids is 1. The van der Waals surface area contributed by atoms with Crippen molar-refractivity contribution in [2.75, 3.05) is 0 Å². The van der Waals surface area contributed by atoms with Crippen molar-refractivity contribution in [1.82, 2.24) is 14.9 Å². The Labute approximate surface area is 102 Å². The number of carboxylic acids is 1. The van der Waals surface area contributed by atoms with E-state index in [4.69, 9.17) is 5.11 Å². The molecule has 1 aromatic heterocycles. The maximum atomic E-state index is 12.7. The Morgan fingerprint density at radius 1 is 1.56 bits per heavy atom. The molecule has 18 heavy (non-hydrogen) atoms. The summed E-state index contributed by atoms with van der Waals surface area (Å²) in [5.74, 6) is -1.61. The highest BCUT2D eigenvalue weighted by atomic mass is 19.4. The molecule has 0 aliphatic rings. The number of aromatic nitrogens is 2. The molecule has 1 atom stereocenters. The highest BCUT2D eigenvalue weighted by molar-refractivity contribution is 5.79. The first-order chi connectivity index (χ1) is 8.22. The zero-order valence-electron chi connectivity index (χ0n) is 9.95. The van der Waals surface area contributed by atoms with Gasteiger partial charge in [-0.25, -0.2) is 9.78 Å². The monoisotopic (exact) mass is 265 g/mol. The quantitative estimate of drug-likeness (QED) is 0.844. The molecular weight excluding hydrogens is 251 g/mol. The number of carbonyl (C=O) groups is 1. The van der Waals surface area contributed by atoms with Crippen LogP contribution in [0.3, 0.4) is 0 Å². The fraction of sp³-hybridized carbons (Fsp3) is 0.600. The second-order valence-electron chi connectivity index (χ2n) is 3.91. The van der Waals surface area contributed by atoms with Gasteiger partial charge in [0.2, 0.25) is 5.54 Å². The zero-order chi connectivity index (χ0) is 14.0. The number of hydrogen-bond acceptors (Lipinski definition) is 3. The van der Waals surface area contributed by atoms with Gasteiger partial charge in [-0.15, -0.1) is 0 Å². The van der Waals surface area contributed by atoms with Gasteiger partial charge >= 0.3 is 12.1 Å². The van der Waals surface area contributed by atoms with Gasteiger partial charge < -0.3 is 9.67 Å². The minimum absolute atomic E-state index is 0.275. The first-order valence-electron chi connectivity index (χ1n) is 5.27. The lowest BCUT2D eigenvalue weighted by Gasteiger charge is -2.28. The molecule has 1 aromatic rings. The van der Waals surface area contributed by atoms with E-state index < -0.39 is 17.7 Å². The number of nitrogens with zero attached hydrogens (tertiary/aromatic N) is 2. The summed E-state index contributed by atoms with van der Waals surface area (Å²) < 4.78 is 39.7. The van der Waals surface area contributed by atoms with Crippen LogP contribution in [0.25, 0.3) is 0 Å². The number of carboxylic acid groups (broad SMARTS) is 1. The van der Waals surface area contributed by atoms with Gasteiger partial charge in [0.1, 0.15) is 5.82 Å². The smallest absolute Gasteiger partial charge is 0.417 e. The molecule has 0 bridgehead atoms. The van der Waals surface area contributed by atoms with E-state index in [-0.39, 0.29) is 6.54 Å². The summed E-state index contributed by atoms with van der Waals surface area (Å²) in [6.07, 6.45) is -1.82. The normalized spacial score (nSPS) is 15.4. The molecular formula is C10H14F3N3O2. The summed E-state index contributed by atoms with van der Waals surface area (Å²) in [5, 5.41) is 10.7. The van der Waals surface area contributed by atoms with Crippen molar-refractivity contribution in [2.24, 2.45) is 0 Å². The largest absolute Gasteiger partial charge is 0.480 e. The number of aryl methyl sites for hydroxylation is 1. The lowest BCUT2D eigenvalue weighted by molar-refractivity contribution is -0.206. The van der Waals surface area contributed by atoms with Crippen LogP contribution in [-0.2, 0) is 17.9 Å². The van der Waals surface area contributed by atoms with Gasteiger partial charge in [0.15, 0.2) is 0 Å². The zero-order valence-corrected chi connectivity index (χ0v) is 9.95. The van der Waals surface area contributed by atoms with E-state index in [0.29, 0.717) is 19.3 Å². The van der Waals surface area contributed by atoms with Crippen molar-refractivity contribution in [3.8, 4) is 0 Å². The third-order valence-corrected chi connectivity index (χ3v) is 2.74. The first-order valence-corrected chi connectivity index (χ1v) is 5.27. The molecule has 5 nitrogen and oxygen atoms in total. The summed E-state index contributed by atoms with van der Waals surface area (Å²) in [6, 6.07) is 0. The third-order valence-electron chi connectivity index (χ3n) is 2.74. The topological polar surface area (TPSA) is 67.2 Å². The molecule has 0 aliphatic carbocycles. The lowest BCUT2D eigenvalue weighted by atomic mass is 10.0. The second-order valence-corrected chi connectivity index (χ2v) is 3.91. The molecule has 0 saturated carbocycles. The van der Waals surface area contributed by atoms with Crippen LogP contribution >= 0.6 is 0 Å². The van der Waals surface area contributed by atoms with E-state index >= 15 is 0 Å². The predicted octanol–water partition coefficient (Wildman–Crippen LogP) is 1.40. The Kier molecular flexibility index (Phi) is 4.00. The van der Waals surface area contributed by atoms with Gasteiger partial charge in [-0.2, -0.15) is 13.2 Å². The molecule has 0 aliphatic heterocycles. The van der Waals surface area contributed by atoms with E-state index in [0.717, 1.165) is 0 Å². The van der Waals surface area contributed by atoms with Gasteiger partial charge in [0.25, 0.3) is 0 Å². The Morgan fingerprint density at radius 3 is 2.61 bits per heavy atom. The van der Waals surface area contributed by atoms with Gasteiger partial charge in [-0.05, 0) is 13.8 Å². The fourth-order valence-electron chi connectivity index (χ4n) is 1.35. The average Bonchev–Trinajstić information content (AvgIpc) is 2.71. The molecule has 1 rings (SSSR count). The minimum Gasteiger partial charge on any atom is -0.480 e. The van der Waals surface area contributed by atoms with Crippen molar-refractivity contribution in [3.63, 3.8) is 0 Å². The Hall–Kier alpha value is -1.57. The summed E-state index contributed by atoms with van der Waals surface area (Å²) in [6.45, 7) is 2.68. The van der Waals surface area contributed by atoms with E-state index in [1.165, 1.54) is 6.20 Å². The van der Waals surface area contributed by atoms with Crippen LogP contribution in [-0.4, -0.2) is 32.3 Å². The summed E-state index contributed by atoms with van der Waals surface area (Å²) in [7, 11) is 0. The SMILES string of the molecule is CCn1ccnc1CNC(C)(C(=O)O)C(F)(F)F. The molecule has 1 heterocycles. The standard InChI is InChI=1S/C10H14F3N3O2/c1-3-16-5-4-14-7(16)6-15-9(2,8(17)18)10(11,12)13/h4-5,15H,3,6H2,1-2H3,(H,17,18). The van der Waals surface area contributed by atoms with Crippen molar-refractivity contribution in [2.45, 2.75) is 38.7 Å². The van der Waals surface area contributed by atoms with Crippen LogP contribution in [0, 0.1) is 0 Å². The van der Waals surface area contributed by atoms with Crippen LogP contribution in [0.5, 0.6) is 0 Å². The third kappa shape index (κ3) is 2.63. The van der Waals surface area contributed by atoms with E-state index in [9.17, 15) is 18.0 Å². The lowest BCUT2D eigenvalue weighted by Crippen LogP contribution is -2.60. The van der Waals surface area contributed by atoms with Crippen LogP contribution in [0.15, 0.2) is 12.4 Å². The van der Waals surface area contributed by atoms with Crippen LogP contribution in [0.2, 0.25) is 0 Å². The van der Waals surface area contributed by atoms with E-state index in [1.54, 1.807) is 10.8 Å². The first kappa shape index (κ1) is 14.5. The minimum atomic E-state index is -4.89. The van der Waals surface area contributed by atoms with E-state index in [2.05, 4.69) is 4.98 Å². The Balaban J connectivity index is 2.85. The molecule has 0 amide bonds. The number of nitrogens with one attached hydrogen (secondary N) is 1. The number of alkyl halides is 3. The van der Waals surface area contributed by atoms with Crippen LogP contribution in [0.4, 0.5) is 13.2 Å². The Bertz CT molecular complexity index is 430. The molecule has 1 unspecified atom stereocenters. The molecule has 0 radical (unpaired) electrons. The van der Waals surface area contributed by atoms with E-state index in [1.807, 2.05) is 12.2 Å². The van der Waals surface area contributed by atoms with Crippen molar-refractivity contribution >= 4 is 5.97 Å². The summed E-state index contributed by atoms with van der Waals surface area (Å²) in [4.78, 5) is 14.6. The van der Waals surface area contributed by atoms with Crippen molar-refractivity contribution in [1.29, 1.82) is 0 Å². The molecule has 0 aromatic carbocycles. The molecule has 0 spiro atoms. The maximum Gasteiger partial charge on any atom is 0.417 e. The van der Waals surface area contributed by atoms with Crippen LogP contribution in [0.1, 0.15) is 19.7 Å². The maximum absolute atomic E-state index is 12.7. The highest BCUT2D eigenvalue weighted by Gasteiger charge is 2.57. The Morgan fingerprint density at radius 2 is 2.17 bits per heavy atom. The number of hydrogen-bond donors (Lipinski definition) is 2. The molecule has 102 valence electrons. The van der Waals surface area contributed by atoms with Gasteiger partial charge in [-0.1, -0.05) is 0 Å². The average molecular weight is 265 g/mol. The molecule has 2 N–H and O–H groups in total. The summed E-state index contributed by atoms with van der Waals surface area (Å²) in [5.41, 5.74) is -2.99. The molecule has 8 heteroatoms. The number of rotatable bonds is 5. The van der Waals surface area contributed by atoms with Crippen molar-refractivity contribution in [3.05, 3.63) is 18.2 Å². The molecule has 0 fully saturated rings. The van der Waals surface area contributed by atoms with Gasteiger partial charge in [0, 0.05) is 18.9 Å². The predicted molar refractivity (Wildman–Crippen MR) is 56.8 cm³/mol. The highest BCUT2D eigenvalue weighted by Crippen LogP contribution is 2.30. The summed E-state index contributed by atoms with van der Waals surface area (Å²) >= 11 is 0. The fourth-order valence-corrected chi connectivity index (χ4v) is 1.35.